The zero-order valence-corrected chi connectivity index (χ0v) is 13.2. The number of ether oxygens (including phenoxy) is 1. The minimum absolute atomic E-state index is 0.0469. The Morgan fingerprint density at radius 2 is 2.41 bits per heavy atom. The quantitative estimate of drug-likeness (QED) is 0.606. The van der Waals surface area contributed by atoms with Crippen LogP contribution in [0.1, 0.15) is 38.0 Å². The summed E-state index contributed by atoms with van der Waals surface area (Å²) in [6, 6.07) is 2.05. The van der Waals surface area contributed by atoms with Crippen LogP contribution in [0.4, 0.5) is 5.69 Å². The van der Waals surface area contributed by atoms with E-state index in [0.29, 0.717) is 12.3 Å². The van der Waals surface area contributed by atoms with E-state index in [1.54, 1.807) is 11.3 Å². The van der Waals surface area contributed by atoms with Gasteiger partial charge in [0.25, 0.3) is 0 Å². The van der Waals surface area contributed by atoms with Crippen molar-refractivity contribution in [2.45, 2.75) is 37.2 Å². The SMILES string of the molecule is CC[I-]C1CC(=O)Nc2cc(C(C)C)sc2O1. The van der Waals surface area contributed by atoms with Crippen molar-refractivity contribution >= 4 is 22.9 Å². The van der Waals surface area contributed by atoms with E-state index in [4.69, 9.17) is 4.74 Å². The molecule has 5 heteroatoms. The second-order valence-corrected chi connectivity index (χ2v) is 9.05. The summed E-state index contributed by atoms with van der Waals surface area (Å²) in [7, 11) is 0. The molecule has 17 heavy (non-hydrogen) atoms. The maximum atomic E-state index is 11.7. The van der Waals surface area contributed by atoms with Crippen LogP contribution >= 0.6 is 11.3 Å². The van der Waals surface area contributed by atoms with Gasteiger partial charge in [-0.2, -0.15) is 0 Å². The van der Waals surface area contributed by atoms with Gasteiger partial charge in [-0.05, 0) is 0 Å². The van der Waals surface area contributed by atoms with E-state index in [1.807, 2.05) is 0 Å². The fourth-order valence-electron chi connectivity index (χ4n) is 1.61. The normalized spacial score (nSPS) is 19.8. The molecule has 1 atom stereocenters. The molecule has 0 aliphatic carbocycles. The van der Waals surface area contributed by atoms with Crippen LogP contribution in [0.25, 0.3) is 0 Å². The number of fused-ring (bicyclic) bond motifs is 1. The summed E-state index contributed by atoms with van der Waals surface area (Å²) in [5, 5.41) is 3.85. The molecule has 2 heterocycles. The molecule has 1 aromatic rings. The topological polar surface area (TPSA) is 38.3 Å². The Hall–Kier alpha value is -0.300. The summed E-state index contributed by atoms with van der Waals surface area (Å²) in [6.07, 6.45) is 0.513. The Bertz CT molecular complexity index is 417. The molecule has 0 aromatic carbocycles. The van der Waals surface area contributed by atoms with Crippen LogP contribution in [0.5, 0.6) is 5.06 Å². The molecule has 1 N–H and O–H groups in total. The zero-order chi connectivity index (χ0) is 12.4. The Morgan fingerprint density at radius 1 is 1.65 bits per heavy atom. The number of hydrogen-bond acceptors (Lipinski definition) is 3. The van der Waals surface area contributed by atoms with Crippen LogP contribution < -0.4 is 31.3 Å². The van der Waals surface area contributed by atoms with Crippen LogP contribution in [-0.2, 0) is 4.79 Å². The molecule has 1 aliphatic heterocycles. The second kappa shape index (κ2) is 5.56. The average Bonchev–Trinajstić information content (AvgIpc) is 2.55. The Morgan fingerprint density at radius 3 is 3.06 bits per heavy atom. The van der Waals surface area contributed by atoms with Gasteiger partial charge in [0, 0.05) is 0 Å². The number of thiophene rings is 1. The third-order valence-electron chi connectivity index (χ3n) is 2.47. The molecule has 0 bridgehead atoms. The van der Waals surface area contributed by atoms with E-state index in [9.17, 15) is 4.79 Å². The van der Waals surface area contributed by atoms with Gasteiger partial charge in [0.2, 0.25) is 0 Å². The van der Waals surface area contributed by atoms with Crippen molar-refractivity contribution in [1.82, 2.24) is 0 Å². The zero-order valence-electron chi connectivity index (χ0n) is 10.2. The van der Waals surface area contributed by atoms with Crippen molar-refractivity contribution in [2.75, 3.05) is 9.74 Å². The van der Waals surface area contributed by atoms with Gasteiger partial charge in [-0.25, -0.2) is 0 Å². The molecule has 1 aliphatic rings. The number of anilines is 1. The average molecular weight is 366 g/mol. The van der Waals surface area contributed by atoms with Crippen LogP contribution in [0.15, 0.2) is 6.07 Å². The Labute approximate surface area is 116 Å². The number of carbonyl (C=O) groups excluding carboxylic acids is 1. The molecule has 0 fully saturated rings. The van der Waals surface area contributed by atoms with E-state index < -0.39 is 0 Å². The fourth-order valence-corrected chi connectivity index (χ4v) is 4.93. The molecule has 0 radical (unpaired) electrons. The van der Waals surface area contributed by atoms with Crippen molar-refractivity contribution in [3.63, 3.8) is 0 Å². The molecule has 3 nitrogen and oxygen atoms in total. The molecule has 0 spiro atoms. The number of hydrogen-bond donors (Lipinski definition) is 1. The number of alkyl halides is 2. The number of amides is 1. The van der Waals surface area contributed by atoms with Gasteiger partial charge in [-0.3, -0.25) is 0 Å². The van der Waals surface area contributed by atoms with Crippen LogP contribution in [0.2, 0.25) is 0 Å². The fraction of sp³-hybridized carbons (Fsp3) is 0.583. The number of nitrogens with one attached hydrogen (secondary N) is 1. The first-order valence-electron chi connectivity index (χ1n) is 5.78. The summed E-state index contributed by atoms with van der Waals surface area (Å²) < 4.78 is 7.27. The minimum atomic E-state index is -0.0469. The van der Waals surface area contributed by atoms with Crippen LogP contribution in [0.3, 0.4) is 0 Å². The standard InChI is InChI=1S/C12H17INO2S/c1-4-13-10-6-11(15)14-8-5-9(7(2)3)17-12(8)16-10/h5,7,10H,4,6H2,1-3H3,(H,14,15)/q-1. The van der Waals surface area contributed by atoms with Crippen molar-refractivity contribution in [3.05, 3.63) is 10.9 Å². The first-order valence-corrected chi connectivity index (χ1v) is 9.37. The summed E-state index contributed by atoms with van der Waals surface area (Å²) in [6.45, 7) is 6.47. The number of rotatable bonds is 3. The molecule has 2 rings (SSSR count). The number of halogens is 1. The van der Waals surface area contributed by atoms with Gasteiger partial charge < -0.3 is 0 Å². The molecular formula is C12H17INO2S-. The summed E-state index contributed by atoms with van der Waals surface area (Å²) in [5.41, 5.74) is 0.867. The second-order valence-electron chi connectivity index (χ2n) is 4.21. The van der Waals surface area contributed by atoms with Crippen molar-refractivity contribution in [2.24, 2.45) is 0 Å². The van der Waals surface area contributed by atoms with E-state index >= 15 is 0 Å². The van der Waals surface area contributed by atoms with Crippen molar-refractivity contribution in [1.29, 1.82) is 0 Å². The summed E-state index contributed by atoms with van der Waals surface area (Å²) >= 11 is 1.62. The van der Waals surface area contributed by atoms with Crippen molar-refractivity contribution in [3.8, 4) is 5.06 Å². The predicted molar refractivity (Wildman–Crippen MR) is 66.6 cm³/mol. The first kappa shape index (κ1) is 13.1. The van der Waals surface area contributed by atoms with Gasteiger partial charge in [0.1, 0.15) is 0 Å². The summed E-state index contributed by atoms with van der Waals surface area (Å²) in [5.74, 6) is 0.571. The van der Waals surface area contributed by atoms with Gasteiger partial charge in [0.05, 0.1) is 0 Å². The Kier molecular flexibility index (Phi) is 4.30. The van der Waals surface area contributed by atoms with E-state index in [0.717, 1.165) is 15.2 Å². The van der Waals surface area contributed by atoms with Crippen LogP contribution in [-0.4, -0.2) is 14.4 Å². The molecular weight excluding hydrogens is 349 g/mol. The van der Waals surface area contributed by atoms with Gasteiger partial charge in [-0.15, -0.1) is 0 Å². The Balaban J connectivity index is 2.24. The first-order chi connectivity index (χ1) is 8.10. The molecule has 1 aromatic heterocycles. The molecule has 1 amide bonds. The van der Waals surface area contributed by atoms with Gasteiger partial charge in [-0.1, -0.05) is 0 Å². The van der Waals surface area contributed by atoms with Gasteiger partial charge >= 0.3 is 117 Å². The van der Waals surface area contributed by atoms with Crippen LogP contribution in [0, 0.1) is 0 Å². The van der Waals surface area contributed by atoms with E-state index in [-0.39, 0.29) is 31.2 Å². The number of carbonyl (C=O) groups is 1. The monoisotopic (exact) mass is 366 g/mol. The molecule has 96 valence electrons. The van der Waals surface area contributed by atoms with E-state index in [1.165, 1.54) is 4.88 Å². The predicted octanol–water partition coefficient (Wildman–Crippen LogP) is 0.0275. The third-order valence-corrected chi connectivity index (χ3v) is 6.35. The molecule has 0 saturated carbocycles. The molecule has 0 saturated heterocycles. The summed E-state index contributed by atoms with van der Waals surface area (Å²) in [4.78, 5) is 13.0. The third kappa shape index (κ3) is 3.13. The maximum absolute atomic E-state index is 11.7. The van der Waals surface area contributed by atoms with E-state index in [2.05, 4.69) is 32.2 Å². The molecule has 1 unspecified atom stereocenters. The van der Waals surface area contributed by atoms with Crippen molar-refractivity contribution < 1.29 is 30.7 Å². The van der Waals surface area contributed by atoms with Gasteiger partial charge in [0.15, 0.2) is 0 Å².